The standard InChI is InChI=1S/C19H26N4O5S/c1-13-15(6-5-7-16(13)27-3)19(24)22(2)12-17-20-18(21-28-17)14-8-10-23(11-9-14)29(4,25)26/h5-7,14H,8-12H2,1-4H3. The van der Waals surface area contributed by atoms with E-state index in [-0.39, 0.29) is 18.4 Å². The summed E-state index contributed by atoms with van der Waals surface area (Å²) in [5.74, 6) is 1.45. The van der Waals surface area contributed by atoms with Crippen molar-refractivity contribution in [2.45, 2.75) is 32.2 Å². The molecule has 0 spiro atoms. The SMILES string of the molecule is COc1cccc(C(=O)N(C)Cc2nc(C3CCN(S(C)(=O)=O)CC3)no2)c1C. The van der Waals surface area contributed by atoms with Crippen LogP contribution in [0.25, 0.3) is 0 Å². The van der Waals surface area contributed by atoms with Crippen LogP contribution < -0.4 is 4.74 Å². The van der Waals surface area contributed by atoms with Crippen LogP contribution in [-0.4, -0.2) is 67.2 Å². The summed E-state index contributed by atoms with van der Waals surface area (Å²) in [6.45, 7) is 2.92. The van der Waals surface area contributed by atoms with Crippen LogP contribution in [0.3, 0.4) is 0 Å². The van der Waals surface area contributed by atoms with Crippen molar-refractivity contribution in [1.82, 2.24) is 19.3 Å². The minimum Gasteiger partial charge on any atom is -0.496 e. The zero-order valence-electron chi connectivity index (χ0n) is 17.1. The highest BCUT2D eigenvalue weighted by atomic mass is 32.2. The van der Waals surface area contributed by atoms with E-state index in [1.165, 1.54) is 15.5 Å². The number of benzene rings is 1. The van der Waals surface area contributed by atoms with Crippen molar-refractivity contribution >= 4 is 15.9 Å². The number of methoxy groups -OCH3 is 1. The van der Waals surface area contributed by atoms with Crippen LogP contribution in [0.2, 0.25) is 0 Å². The maximum atomic E-state index is 12.8. The van der Waals surface area contributed by atoms with Crippen LogP contribution in [0.1, 0.15) is 46.4 Å². The summed E-state index contributed by atoms with van der Waals surface area (Å²) < 4.78 is 35.3. The molecule has 1 aromatic carbocycles. The summed E-state index contributed by atoms with van der Waals surface area (Å²) in [6, 6.07) is 5.34. The molecule has 0 bridgehead atoms. The van der Waals surface area contributed by atoms with Gasteiger partial charge in [0.2, 0.25) is 15.9 Å². The van der Waals surface area contributed by atoms with Crippen molar-refractivity contribution in [3.8, 4) is 5.75 Å². The third-order valence-corrected chi connectivity index (χ3v) is 6.53. The molecule has 1 aliphatic rings. The number of carbonyl (C=O) groups excluding carboxylic acids is 1. The largest absolute Gasteiger partial charge is 0.496 e. The summed E-state index contributed by atoms with van der Waals surface area (Å²) in [5.41, 5.74) is 1.33. The third-order valence-electron chi connectivity index (χ3n) is 5.23. The van der Waals surface area contributed by atoms with Crippen molar-refractivity contribution in [1.29, 1.82) is 0 Å². The van der Waals surface area contributed by atoms with Crippen LogP contribution in [0.15, 0.2) is 22.7 Å². The van der Waals surface area contributed by atoms with Gasteiger partial charge in [-0.3, -0.25) is 4.79 Å². The number of aromatic nitrogens is 2. The Labute approximate surface area is 170 Å². The van der Waals surface area contributed by atoms with Crippen molar-refractivity contribution in [3.05, 3.63) is 41.0 Å². The first-order chi connectivity index (χ1) is 13.7. The zero-order chi connectivity index (χ0) is 21.2. The summed E-state index contributed by atoms with van der Waals surface area (Å²) >= 11 is 0. The monoisotopic (exact) mass is 422 g/mol. The fourth-order valence-electron chi connectivity index (χ4n) is 3.49. The van der Waals surface area contributed by atoms with Gasteiger partial charge in [-0.25, -0.2) is 12.7 Å². The molecule has 29 heavy (non-hydrogen) atoms. The number of carbonyl (C=O) groups is 1. The Morgan fingerprint density at radius 3 is 2.66 bits per heavy atom. The van der Waals surface area contributed by atoms with Gasteiger partial charge in [-0.05, 0) is 31.9 Å². The number of sulfonamides is 1. The van der Waals surface area contributed by atoms with Gasteiger partial charge in [-0.1, -0.05) is 11.2 Å². The van der Waals surface area contributed by atoms with Gasteiger partial charge in [0.05, 0.1) is 19.9 Å². The summed E-state index contributed by atoms with van der Waals surface area (Å²) in [4.78, 5) is 18.7. The van der Waals surface area contributed by atoms with E-state index >= 15 is 0 Å². The van der Waals surface area contributed by atoms with Gasteiger partial charge in [-0.15, -0.1) is 0 Å². The third kappa shape index (κ3) is 4.76. The highest BCUT2D eigenvalue weighted by molar-refractivity contribution is 7.88. The van der Waals surface area contributed by atoms with Crippen LogP contribution in [0.4, 0.5) is 0 Å². The van der Waals surface area contributed by atoms with E-state index < -0.39 is 10.0 Å². The van der Waals surface area contributed by atoms with Crippen molar-refractivity contribution in [2.75, 3.05) is 33.5 Å². The molecule has 0 unspecified atom stereocenters. The Balaban J connectivity index is 1.64. The lowest BCUT2D eigenvalue weighted by Crippen LogP contribution is -2.37. The number of hydrogen-bond acceptors (Lipinski definition) is 7. The summed E-state index contributed by atoms with van der Waals surface area (Å²) in [7, 11) is 0.0757. The highest BCUT2D eigenvalue weighted by Crippen LogP contribution is 2.27. The summed E-state index contributed by atoms with van der Waals surface area (Å²) in [5, 5.41) is 4.05. The molecule has 1 saturated heterocycles. The van der Waals surface area contributed by atoms with Gasteiger partial charge >= 0.3 is 0 Å². The predicted octanol–water partition coefficient (Wildman–Crippen LogP) is 1.80. The highest BCUT2D eigenvalue weighted by Gasteiger charge is 2.29. The van der Waals surface area contributed by atoms with E-state index in [0.717, 1.165) is 5.56 Å². The molecule has 2 heterocycles. The smallest absolute Gasteiger partial charge is 0.254 e. The number of amides is 1. The van der Waals surface area contributed by atoms with E-state index in [4.69, 9.17) is 9.26 Å². The molecule has 0 radical (unpaired) electrons. The molecule has 0 atom stereocenters. The van der Waals surface area contributed by atoms with E-state index in [1.807, 2.05) is 13.0 Å². The molecule has 0 aliphatic carbocycles. The van der Waals surface area contributed by atoms with Crippen molar-refractivity contribution in [3.63, 3.8) is 0 Å². The van der Waals surface area contributed by atoms with E-state index in [9.17, 15) is 13.2 Å². The van der Waals surface area contributed by atoms with Crippen LogP contribution in [0, 0.1) is 6.92 Å². The zero-order valence-corrected chi connectivity index (χ0v) is 17.9. The second-order valence-corrected chi connectivity index (χ2v) is 9.26. The molecule has 10 heteroatoms. The molecule has 0 N–H and O–H groups in total. The average Bonchev–Trinajstić information content (AvgIpc) is 3.15. The van der Waals surface area contributed by atoms with E-state index in [0.29, 0.717) is 49.0 Å². The molecule has 2 aromatic rings. The van der Waals surface area contributed by atoms with Gasteiger partial charge < -0.3 is 14.2 Å². The maximum Gasteiger partial charge on any atom is 0.254 e. The molecule has 158 valence electrons. The molecule has 1 aromatic heterocycles. The molecular weight excluding hydrogens is 396 g/mol. The van der Waals surface area contributed by atoms with Gasteiger partial charge in [0, 0.05) is 37.2 Å². The number of rotatable bonds is 6. The number of nitrogens with zero attached hydrogens (tertiary/aromatic N) is 4. The molecule has 0 saturated carbocycles. The minimum absolute atomic E-state index is 0.0483. The quantitative estimate of drug-likeness (QED) is 0.699. The Hall–Kier alpha value is -2.46. The molecule has 1 aliphatic heterocycles. The minimum atomic E-state index is -3.17. The first-order valence-corrected chi connectivity index (χ1v) is 11.2. The second kappa shape index (κ2) is 8.50. The molecule has 1 amide bonds. The molecule has 3 rings (SSSR count). The average molecular weight is 423 g/mol. The Bertz CT molecular complexity index is 980. The van der Waals surface area contributed by atoms with Crippen LogP contribution >= 0.6 is 0 Å². The lowest BCUT2D eigenvalue weighted by atomic mass is 9.98. The second-order valence-electron chi connectivity index (χ2n) is 7.28. The molecular formula is C19H26N4O5S. The van der Waals surface area contributed by atoms with E-state index in [2.05, 4.69) is 10.1 Å². The van der Waals surface area contributed by atoms with Gasteiger partial charge in [0.15, 0.2) is 5.82 Å². The maximum absolute atomic E-state index is 12.8. The lowest BCUT2D eigenvalue weighted by Gasteiger charge is -2.28. The fraction of sp³-hybridized carbons (Fsp3) is 0.526. The lowest BCUT2D eigenvalue weighted by molar-refractivity contribution is 0.0768. The van der Waals surface area contributed by atoms with Gasteiger partial charge in [0.1, 0.15) is 5.75 Å². The van der Waals surface area contributed by atoms with Crippen molar-refractivity contribution in [2.24, 2.45) is 0 Å². The van der Waals surface area contributed by atoms with E-state index in [1.54, 1.807) is 26.3 Å². The van der Waals surface area contributed by atoms with Gasteiger partial charge in [-0.2, -0.15) is 4.98 Å². The molecule has 1 fully saturated rings. The normalized spacial score (nSPS) is 16.0. The topological polar surface area (TPSA) is 106 Å². The first-order valence-electron chi connectivity index (χ1n) is 9.37. The number of piperidine rings is 1. The Morgan fingerprint density at radius 2 is 2.03 bits per heavy atom. The summed E-state index contributed by atoms with van der Waals surface area (Å²) in [6.07, 6.45) is 2.50. The van der Waals surface area contributed by atoms with Crippen LogP contribution in [0.5, 0.6) is 5.75 Å². The predicted molar refractivity (Wildman–Crippen MR) is 106 cm³/mol. The number of ether oxygens (including phenoxy) is 1. The molecule has 9 nitrogen and oxygen atoms in total. The Kier molecular flexibility index (Phi) is 6.23. The first kappa shape index (κ1) is 21.3. The fourth-order valence-corrected chi connectivity index (χ4v) is 4.37. The Morgan fingerprint density at radius 1 is 1.34 bits per heavy atom. The van der Waals surface area contributed by atoms with Crippen LogP contribution in [-0.2, 0) is 16.6 Å². The van der Waals surface area contributed by atoms with Crippen molar-refractivity contribution < 1.29 is 22.5 Å². The van der Waals surface area contributed by atoms with Gasteiger partial charge in [0.25, 0.3) is 5.91 Å². The number of hydrogen-bond donors (Lipinski definition) is 0.